The Hall–Kier alpha value is -0.0831. The molecule has 1 aromatic rings. The van der Waals surface area contributed by atoms with Gasteiger partial charge in [-0.05, 0) is 22.1 Å². The molecule has 0 N–H and O–H groups in total. The van der Waals surface area contributed by atoms with Gasteiger partial charge >= 0.3 is 0 Å². The fraction of sp³-hybridized carbons (Fsp3) is 0.571. The molecule has 0 amide bonds. The van der Waals surface area contributed by atoms with Crippen molar-refractivity contribution < 1.29 is 0 Å². The summed E-state index contributed by atoms with van der Waals surface area (Å²) >= 11 is 4.01. The van der Waals surface area contributed by atoms with Crippen LogP contribution in [0.15, 0.2) is 30.3 Å². The Morgan fingerprint density at radius 2 is 1.50 bits per heavy atom. The standard InChI is InChI=1S/C14H23BrSi/c1-13(2,3)11-16(15)14(4,5)12-9-7-6-8-10-12/h6-10,16H,11H2,1-5H3. The molecule has 0 nitrogen and oxygen atoms in total. The van der Waals surface area contributed by atoms with Crippen LogP contribution in [0.1, 0.15) is 40.2 Å². The quantitative estimate of drug-likeness (QED) is 0.562. The summed E-state index contributed by atoms with van der Waals surface area (Å²) in [6, 6.07) is 12.2. The summed E-state index contributed by atoms with van der Waals surface area (Å²) in [5.41, 5.74) is 1.89. The summed E-state index contributed by atoms with van der Waals surface area (Å²) in [6.45, 7) is 11.7. The third-order valence-electron chi connectivity index (χ3n) is 3.09. The van der Waals surface area contributed by atoms with Crippen LogP contribution in [0, 0.1) is 5.41 Å². The Bertz CT molecular complexity index is 324. The van der Waals surface area contributed by atoms with Gasteiger partial charge in [0.15, 0.2) is 0 Å². The van der Waals surface area contributed by atoms with E-state index in [0.29, 0.717) is 10.5 Å². The van der Waals surface area contributed by atoms with E-state index in [1.165, 1.54) is 11.6 Å². The van der Waals surface area contributed by atoms with E-state index in [2.05, 4.69) is 80.2 Å². The summed E-state index contributed by atoms with van der Waals surface area (Å²) in [5, 5.41) is 0.314. The van der Waals surface area contributed by atoms with Crippen LogP contribution in [0.4, 0.5) is 0 Å². The lowest BCUT2D eigenvalue weighted by Crippen LogP contribution is -2.36. The number of hydrogen-bond acceptors (Lipinski definition) is 0. The van der Waals surface area contributed by atoms with Gasteiger partial charge in [-0.15, -0.1) is 15.3 Å². The highest BCUT2D eigenvalue weighted by Gasteiger charge is 2.33. The zero-order valence-electron chi connectivity index (χ0n) is 11.0. The number of rotatable bonds is 3. The highest BCUT2D eigenvalue weighted by Crippen LogP contribution is 2.36. The van der Waals surface area contributed by atoms with Crippen molar-refractivity contribution in [3.63, 3.8) is 0 Å². The van der Waals surface area contributed by atoms with Gasteiger partial charge in [0.2, 0.25) is 0 Å². The molecule has 0 saturated carbocycles. The van der Waals surface area contributed by atoms with Crippen molar-refractivity contribution in [1.82, 2.24) is 0 Å². The van der Waals surface area contributed by atoms with Gasteiger partial charge in [0, 0.05) is 0 Å². The molecule has 0 spiro atoms. The first-order valence-corrected chi connectivity index (χ1v) is 10.5. The lowest BCUT2D eigenvalue weighted by Gasteiger charge is -2.33. The molecule has 0 heterocycles. The van der Waals surface area contributed by atoms with E-state index in [9.17, 15) is 0 Å². The van der Waals surface area contributed by atoms with E-state index in [4.69, 9.17) is 0 Å². The predicted octanol–water partition coefficient (Wildman–Crippen LogP) is 4.67. The fourth-order valence-electron chi connectivity index (χ4n) is 1.84. The van der Waals surface area contributed by atoms with Crippen molar-refractivity contribution in [2.24, 2.45) is 5.41 Å². The Morgan fingerprint density at radius 1 is 1.00 bits per heavy atom. The Labute approximate surface area is 110 Å². The van der Waals surface area contributed by atoms with Gasteiger partial charge in [0.25, 0.3) is 0 Å². The van der Waals surface area contributed by atoms with E-state index < -0.39 is 7.42 Å². The zero-order valence-corrected chi connectivity index (χ0v) is 13.8. The van der Waals surface area contributed by atoms with Crippen molar-refractivity contribution in [2.75, 3.05) is 0 Å². The second kappa shape index (κ2) is 5.05. The van der Waals surface area contributed by atoms with Crippen molar-refractivity contribution in [1.29, 1.82) is 0 Å². The van der Waals surface area contributed by atoms with Gasteiger partial charge in [-0.1, -0.05) is 65.0 Å². The molecule has 90 valence electrons. The molecule has 0 fully saturated rings. The average Bonchev–Trinajstić information content (AvgIpc) is 2.16. The Morgan fingerprint density at radius 3 is 1.94 bits per heavy atom. The predicted molar refractivity (Wildman–Crippen MR) is 79.8 cm³/mol. The number of hydrogen-bond donors (Lipinski definition) is 0. The lowest BCUT2D eigenvalue weighted by molar-refractivity contribution is 0.460. The van der Waals surface area contributed by atoms with Crippen LogP contribution in [-0.2, 0) is 5.04 Å². The smallest absolute Gasteiger partial charge is 0.125 e. The van der Waals surface area contributed by atoms with Gasteiger partial charge in [-0.2, -0.15) is 0 Å². The SMILES string of the molecule is CC(C)(C)C[SiH](Br)C(C)(C)c1ccccc1. The maximum absolute atomic E-state index is 4.01. The Kier molecular flexibility index (Phi) is 4.41. The molecular weight excluding hydrogens is 276 g/mol. The highest BCUT2D eigenvalue weighted by molar-refractivity contribution is 9.24. The summed E-state index contributed by atoms with van der Waals surface area (Å²) in [5.74, 6) is 0. The highest BCUT2D eigenvalue weighted by atomic mass is 79.9. The molecular formula is C14H23BrSi. The van der Waals surface area contributed by atoms with Crippen LogP contribution in [0.2, 0.25) is 6.04 Å². The summed E-state index contributed by atoms with van der Waals surface area (Å²) < 4.78 is 0. The molecule has 0 saturated heterocycles. The third-order valence-corrected chi connectivity index (χ3v) is 11.0. The molecule has 1 rings (SSSR count). The number of halogens is 1. The summed E-state index contributed by atoms with van der Waals surface area (Å²) in [4.78, 5) is 0. The molecule has 0 bridgehead atoms. The van der Waals surface area contributed by atoms with Gasteiger partial charge in [-0.25, -0.2) is 0 Å². The molecule has 0 aliphatic carbocycles. The first kappa shape index (κ1) is 14.0. The minimum Gasteiger partial charge on any atom is -0.130 e. The van der Waals surface area contributed by atoms with E-state index in [1.54, 1.807) is 0 Å². The molecule has 1 atom stereocenters. The molecule has 0 aromatic heterocycles. The monoisotopic (exact) mass is 298 g/mol. The van der Waals surface area contributed by atoms with E-state index in [1.807, 2.05) is 0 Å². The van der Waals surface area contributed by atoms with E-state index >= 15 is 0 Å². The first-order chi connectivity index (χ1) is 7.23. The summed E-state index contributed by atoms with van der Waals surface area (Å²) in [6.07, 6.45) is 0. The number of benzene rings is 1. The van der Waals surface area contributed by atoms with Crippen LogP contribution < -0.4 is 0 Å². The topological polar surface area (TPSA) is 0 Å². The van der Waals surface area contributed by atoms with Crippen LogP contribution in [0.25, 0.3) is 0 Å². The minimum atomic E-state index is -0.950. The maximum atomic E-state index is 4.01. The van der Waals surface area contributed by atoms with Crippen LogP contribution in [0.5, 0.6) is 0 Å². The second-order valence-corrected chi connectivity index (χ2v) is 12.4. The fourth-order valence-corrected chi connectivity index (χ4v) is 7.69. The van der Waals surface area contributed by atoms with Crippen molar-refractivity contribution >= 4 is 22.7 Å². The third kappa shape index (κ3) is 3.74. The maximum Gasteiger partial charge on any atom is 0.125 e. The molecule has 16 heavy (non-hydrogen) atoms. The van der Waals surface area contributed by atoms with Gasteiger partial charge < -0.3 is 0 Å². The lowest BCUT2D eigenvalue weighted by atomic mass is 10.0. The Balaban J connectivity index is 2.86. The van der Waals surface area contributed by atoms with Crippen molar-refractivity contribution in [2.45, 2.75) is 45.7 Å². The van der Waals surface area contributed by atoms with E-state index in [0.717, 1.165) is 0 Å². The van der Waals surface area contributed by atoms with Crippen LogP contribution in [0.3, 0.4) is 0 Å². The second-order valence-electron chi connectivity index (χ2n) is 6.32. The molecule has 1 aromatic carbocycles. The molecule has 0 radical (unpaired) electrons. The van der Waals surface area contributed by atoms with E-state index in [-0.39, 0.29) is 0 Å². The van der Waals surface area contributed by atoms with Crippen LogP contribution >= 0.6 is 15.3 Å². The average molecular weight is 299 g/mol. The van der Waals surface area contributed by atoms with Gasteiger partial charge in [-0.3, -0.25) is 0 Å². The molecule has 0 aliphatic rings. The van der Waals surface area contributed by atoms with Crippen molar-refractivity contribution in [3.05, 3.63) is 35.9 Å². The minimum absolute atomic E-state index is 0.314. The largest absolute Gasteiger partial charge is 0.130 e. The zero-order chi connectivity index (χ0) is 12.4. The van der Waals surface area contributed by atoms with Gasteiger partial charge in [0.05, 0.1) is 0 Å². The van der Waals surface area contributed by atoms with Crippen molar-refractivity contribution in [3.8, 4) is 0 Å². The normalized spacial score (nSPS) is 14.9. The molecule has 2 heteroatoms. The summed E-state index contributed by atoms with van der Waals surface area (Å²) in [7, 11) is -0.950. The van der Waals surface area contributed by atoms with Gasteiger partial charge in [0.1, 0.15) is 7.42 Å². The molecule has 1 unspecified atom stereocenters. The molecule has 0 aliphatic heterocycles. The van der Waals surface area contributed by atoms with Crippen LogP contribution in [-0.4, -0.2) is 7.42 Å². The first-order valence-electron chi connectivity index (χ1n) is 5.93.